The molecule has 0 saturated heterocycles. The lowest BCUT2D eigenvalue weighted by molar-refractivity contribution is -0.123. The Balaban J connectivity index is 1.86. The number of nitrogens with zero attached hydrogens (tertiary/aromatic N) is 1. The number of ether oxygens (including phenoxy) is 1. The molecule has 0 bridgehead atoms. The van der Waals surface area contributed by atoms with Gasteiger partial charge < -0.3 is 4.74 Å². The molecule has 2 aromatic rings. The van der Waals surface area contributed by atoms with Crippen molar-refractivity contribution >= 4 is 23.7 Å². The van der Waals surface area contributed by atoms with E-state index in [9.17, 15) is 4.79 Å². The molecule has 120 valence electrons. The van der Waals surface area contributed by atoms with Gasteiger partial charge >= 0.3 is 0 Å². The quantitative estimate of drug-likeness (QED) is 0.669. The Bertz CT molecular complexity index is 742. The van der Waals surface area contributed by atoms with Crippen LogP contribution >= 0.6 is 11.6 Å². The van der Waals surface area contributed by atoms with Gasteiger partial charge in [0, 0.05) is 5.02 Å². The lowest BCUT2D eigenvalue weighted by Crippen LogP contribution is -2.24. The number of hydrogen-bond acceptors (Lipinski definition) is 3. The van der Waals surface area contributed by atoms with E-state index in [0.29, 0.717) is 10.8 Å². The van der Waals surface area contributed by atoms with Crippen molar-refractivity contribution in [2.24, 2.45) is 5.10 Å². The van der Waals surface area contributed by atoms with Gasteiger partial charge in [0.2, 0.25) is 0 Å². The number of hydrazone groups is 1. The first-order valence-electron chi connectivity index (χ1n) is 7.24. The van der Waals surface area contributed by atoms with Crippen LogP contribution in [0.3, 0.4) is 0 Å². The standard InChI is InChI=1S/C18H19ClN2O2/c1-12-4-5-15(13(2)8-12)10-20-21-18(22)11-23-17-7-6-16(19)9-14(17)3/h4-10H,11H2,1-3H3,(H,21,22)/b20-10+. The predicted octanol–water partition coefficient (Wildman–Crippen LogP) is 3.79. The molecule has 0 saturated carbocycles. The molecule has 0 aliphatic heterocycles. The average molecular weight is 331 g/mol. The molecule has 0 aromatic heterocycles. The van der Waals surface area contributed by atoms with Crippen molar-refractivity contribution in [2.45, 2.75) is 20.8 Å². The van der Waals surface area contributed by atoms with Crippen LogP contribution in [0.2, 0.25) is 5.02 Å². The Morgan fingerprint density at radius 1 is 1.17 bits per heavy atom. The minimum Gasteiger partial charge on any atom is -0.483 e. The van der Waals surface area contributed by atoms with Crippen LogP contribution in [0, 0.1) is 20.8 Å². The summed E-state index contributed by atoms with van der Waals surface area (Å²) in [5, 5.41) is 4.59. The minimum absolute atomic E-state index is 0.104. The number of halogens is 1. The summed E-state index contributed by atoms with van der Waals surface area (Å²) in [5.74, 6) is 0.309. The first-order chi connectivity index (χ1) is 11.0. The fourth-order valence-electron chi connectivity index (χ4n) is 2.09. The van der Waals surface area contributed by atoms with E-state index in [0.717, 1.165) is 16.7 Å². The smallest absolute Gasteiger partial charge is 0.277 e. The highest BCUT2D eigenvalue weighted by Crippen LogP contribution is 2.21. The normalized spacial score (nSPS) is 10.8. The van der Waals surface area contributed by atoms with Gasteiger partial charge in [-0.15, -0.1) is 0 Å². The van der Waals surface area contributed by atoms with Crippen molar-refractivity contribution in [3.63, 3.8) is 0 Å². The van der Waals surface area contributed by atoms with Crippen LogP contribution in [0.1, 0.15) is 22.3 Å². The van der Waals surface area contributed by atoms with E-state index < -0.39 is 0 Å². The van der Waals surface area contributed by atoms with Crippen LogP contribution in [0.25, 0.3) is 0 Å². The summed E-state index contributed by atoms with van der Waals surface area (Å²) in [6, 6.07) is 11.3. The number of carbonyl (C=O) groups is 1. The second-order valence-corrected chi connectivity index (χ2v) is 5.79. The second-order valence-electron chi connectivity index (χ2n) is 5.35. The van der Waals surface area contributed by atoms with Crippen LogP contribution < -0.4 is 10.2 Å². The van der Waals surface area contributed by atoms with E-state index in [-0.39, 0.29) is 12.5 Å². The largest absolute Gasteiger partial charge is 0.483 e. The van der Waals surface area contributed by atoms with Crippen LogP contribution in [0.5, 0.6) is 5.75 Å². The number of rotatable bonds is 5. The average Bonchev–Trinajstić information content (AvgIpc) is 2.48. The first kappa shape index (κ1) is 17.0. The van der Waals surface area contributed by atoms with Gasteiger partial charge in [0.15, 0.2) is 6.61 Å². The minimum atomic E-state index is -0.319. The Kier molecular flexibility index (Phi) is 5.77. The topological polar surface area (TPSA) is 50.7 Å². The lowest BCUT2D eigenvalue weighted by atomic mass is 10.1. The van der Waals surface area contributed by atoms with E-state index >= 15 is 0 Å². The maximum absolute atomic E-state index is 11.7. The fraction of sp³-hybridized carbons (Fsp3) is 0.222. The molecule has 23 heavy (non-hydrogen) atoms. The fourth-order valence-corrected chi connectivity index (χ4v) is 2.32. The summed E-state index contributed by atoms with van der Waals surface area (Å²) in [6.45, 7) is 5.80. The Morgan fingerprint density at radius 3 is 2.65 bits per heavy atom. The molecule has 2 rings (SSSR count). The van der Waals surface area contributed by atoms with Crippen molar-refractivity contribution < 1.29 is 9.53 Å². The Morgan fingerprint density at radius 2 is 1.96 bits per heavy atom. The zero-order chi connectivity index (χ0) is 16.8. The SMILES string of the molecule is Cc1ccc(/C=N/NC(=O)COc2ccc(Cl)cc2C)c(C)c1. The van der Waals surface area contributed by atoms with Crippen LogP contribution in [-0.2, 0) is 4.79 Å². The Labute approximate surface area is 141 Å². The highest BCUT2D eigenvalue weighted by molar-refractivity contribution is 6.30. The molecule has 4 nitrogen and oxygen atoms in total. The highest BCUT2D eigenvalue weighted by Gasteiger charge is 2.04. The molecule has 1 N–H and O–H groups in total. The monoisotopic (exact) mass is 330 g/mol. The summed E-state index contributed by atoms with van der Waals surface area (Å²) < 4.78 is 5.45. The summed E-state index contributed by atoms with van der Waals surface area (Å²) in [6.07, 6.45) is 1.63. The van der Waals surface area contributed by atoms with Crippen molar-refractivity contribution in [1.29, 1.82) is 0 Å². The molecule has 0 heterocycles. The third kappa shape index (κ3) is 5.11. The van der Waals surface area contributed by atoms with E-state index in [1.54, 1.807) is 24.4 Å². The van der Waals surface area contributed by atoms with Crippen molar-refractivity contribution in [3.8, 4) is 5.75 Å². The molecule has 0 aliphatic rings. The van der Waals surface area contributed by atoms with Crippen LogP contribution in [-0.4, -0.2) is 18.7 Å². The van der Waals surface area contributed by atoms with Gasteiger partial charge in [-0.05, 0) is 55.7 Å². The zero-order valence-corrected chi connectivity index (χ0v) is 14.1. The van der Waals surface area contributed by atoms with E-state index in [1.165, 1.54) is 5.56 Å². The Hall–Kier alpha value is -2.33. The molecule has 0 unspecified atom stereocenters. The van der Waals surface area contributed by atoms with Crippen LogP contribution in [0.4, 0.5) is 0 Å². The summed E-state index contributed by atoms with van der Waals surface area (Å²) in [4.78, 5) is 11.7. The summed E-state index contributed by atoms with van der Waals surface area (Å²) >= 11 is 5.87. The van der Waals surface area contributed by atoms with E-state index in [1.807, 2.05) is 32.9 Å². The zero-order valence-electron chi connectivity index (χ0n) is 13.4. The van der Waals surface area contributed by atoms with Crippen molar-refractivity contribution in [3.05, 3.63) is 63.7 Å². The summed E-state index contributed by atoms with van der Waals surface area (Å²) in [5.41, 5.74) is 6.59. The van der Waals surface area contributed by atoms with Gasteiger partial charge in [-0.2, -0.15) is 5.10 Å². The van der Waals surface area contributed by atoms with Crippen LogP contribution in [0.15, 0.2) is 41.5 Å². The van der Waals surface area contributed by atoms with Gasteiger partial charge in [-0.25, -0.2) is 5.43 Å². The van der Waals surface area contributed by atoms with Gasteiger partial charge in [0.1, 0.15) is 5.75 Å². The van der Waals surface area contributed by atoms with Crippen molar-refractivity contribution in [1.82, 2.24) is 5.43 Å². The number of nitrogens with one attached hydrogen (secondary N) is 1. The third-order valence-electron chi connectivity index (χ3n) is 3.31. The number of benzene rings is 2. The van der Waals surface area contributed by atoms with Gasteiger partial charge in [-0.3, -0.25) is 4.79 Å². The highest BCUT2D eigenvalue weighted by atomic mass is 35.5. The first-order valence-corrected chi connectivity index (χ1v) is 7.61. The number of amides is 1. The predicted molar refractivity (Wildman–Crippen MR) is 93.3 cm³/mol. The van der Waals surface area contributed by atoms with Gasteiger partial charge in [-0.1, -0.05) is 35.4 Å². The maximum atomic E-state index is 11.7. The molecule has 5 heteroatoms. The molecule has 0 spiro atoms. The number of aryl methyl sites for hydroxylation is 3. The molecule has 0 aliphatic carbocycles. The van der Waals surface area contributed by atoms with Gasteiger partial charge in [0.25, 0.3) is 5.91 Å². The third-order valence-corrected chi connectivity index (χ3v) is 3.55. The summed E-state index contributed by atoms with van der Waals surface area (Å²) in [7, 11) is 0. The van der Waals surface area contributed by atoms with E-state index in [2.05, 4.69) is 16.6 Å². The molecule has 1 amide bonds. The van der Waals surface area contributed by atoms with Crippen molar-refractivity contribution in [2.75, 3.05) is 6.61 Å². The molecule has 0 fully saturated rings. The number of hydrogen-bond donors (Lipinski definition) is 1. The maximum Gasteiger partial charge on any atom is 0.277 e. The molecular weight excluding hydrogens is 312 g/mol. The van der Waals surface area contributed by atoms with Gasteiger partial charge in [0.05, 0.1) is 6.21 Å². The molecule has 2 aromatic carbocycles. The molecular formula is C18H19ClN2O2. The second kappa shape index (κ2) is 7.79. The van der Waals surface area contributed by atoms with E-state index in [4.69, 9.17) is 16.3 Å². The number of carbonyl (C=O) groups excluding carboxylic acids is 1. The molecule has 0 radical (unpaired) electrons. The molecule has 0 atom stereocenters. The lowest BCUT2D eigenvalue weighted by Gasteiger charge is -2.08.